The molecule has 20 heavy (non-hydrogen) atoms. The predicted molar refractivity (Wildman–Crippen MR) is 76.4 cm³/mol. The number of aromatic nitrogens is 1. The lowest BCUT2D eigenvalue weighted by atomic mass is 9.93. The van der Waals surface area contributed by atoms with Crippen LogP contribution in [0, 0.1) is 26.9 Å². The Morgan fingerprint density at radius 3 is 2.65 bits per heavy atom. The molecule has 7 heteroatoms. The average molecular weight is 277 g/mol. The maximum Gasteiger partial charge on any atom is 0.305 e. The number of hydrogen-bond donors (Lipinski definition) is 1. The van der Waals surface area contributed by atoms with Gasteiger partial charge in [-0.1, -0.05) is 13.8 Å². The summed E-state index contributed by atoms with van der Waals surface area (Å²) in [5, 5.41) is 22.7. The molecular weight excluding hydrogens is 258 g/mol. The number of rotatable bonds is 6. The molecule has 1 N–H and O–H groups in total. The normalized spacial score (nSPS) is 11.2. The molecule has 0 aliphatic carbocycles. The van der Waals surface area contributed by atoms with E-state index in [-0.39, 0.29) is 16.8 Å². The number of nitriles is 1. The van der Waals surface area contributed by atoms with Crippen LogP contribution in [0.5, 0.6) is 0 Å². The van der Waals surface area contributed by atoms with E-state index in [0.29, 0.717) is 12.4 Å². The second-order valence-corrected chi connectivity index (χ2v) is 5.69. The molecule has 0 aliphatic rings. The molecule has 7 nitrogen and oxygen atoms in total. The summed E-state index contributed by atoms with van der Waals surface area (Å²) in [5.41, 5.74) is -0.434. The molecule has 0 amide bonds. The Morgan fingerprint density at radius 2 is 2.15 bits per heavy atom. The Kier molecular flexibility index (Phi) is 5.00. The van der Waals surface area contributed by atoms with Crippen LogP contribution in [0.1, 0.15) is 19.5 Å². The molecule has 1 rings (SSSR count). The van der Waals surface area contributed by atoms with Gasteiger partial charge in [-0.05, 0) is 25.6 Å². The molecule has 0 saturated carbocycles. The number of nitrogens with one attached hydrogen (secondary N) is 1. The molecule has 0 aromatic carbocycles. The van der Waals surface area contributed by atoms with Crippen LogP contribution in [-0.2, 0) is 0 Å². The molecule has 0 saturated heterocycles. The van der Waals surface area contributed by atoms with Crippen molar-refractivity contribution in [1.29, 1.82) is 5.26 Å². The summed E-state index contributed by atoms with van der Waals surface area (Å²) in [6.45, 7) is 5.76. The summed E-state index contributed by atoms with van der Waals surface area (Å²) in [6, 6.07) is 4.56. The zero-order valence-corrected chi connectivity index (χ0v) is 12.2. The summed E-state index contributed by atoms with van der Waals surface area (Å²) in [5.74, 6) is 0.471. The number of anilines is 1. The second kappa shape index (κ2) is 6.30. The minimum Gasteiger partial charge on any atom is -0.369 e. The predicted octanol–water partition coefficient (Wildman–Crippen LogP) is 1.86. The minimum absolute atomic E-state index is 0.0137. The number of hydrogen-bond acceptors (Lipinski definition) is 6. The van der Waals surface area contributed by atoms with Gasteiger partial charge in [0, 0.05) is 19.2 Å². The van der Waals surface area contributed by atoms with Crippen LogP contribution < -0.4 is 5.32 Å². The van der Waals surface area contributed by atoms with Gasteiger partial charge in [0.15, 0.2) is 0 Å². The van der Waals surface area contributed by atoms with E-state index in [9.17, 15) is 10.1 Å². The lowest BCUT2D eigenvalue weighted by Crippen LogP contribution is -2.34. The first-order valence-corrected chi connectivity index (χ1v) is 6.19. The van der Waals surface area contributed by atoms with Gasteiger partial charge in [-0.2, -0.15) is 5.26 Å². The number of nitrogens with zero attached hydrogens (tertiary/aromatic N) is 4. The van der Waals surface area contributed by atoms with E-state index in [1.54, 1.807) is 6.07 Å². The zero-order valence-electron chi connectivity index (χ0n) is 12.2. The zero-order chi connectivity index (χ0) is 15.3. The molecule has 1 heterocycles. The highest BCUT2D eigenvalue weighted by molar-refractivity contribution is 5.50. The minimum atomic E-state index is -0.606. The van der Waals surface area contributed by atoms with Crippen molar-refractivity contribution in [2.24, 2.45) is 5.41 Å². The lowest BCUT2D eigenvalue weighted by Gasteiger charge is -2.28. The molecule has 0 fully saturated rings. The molecule has 0 radical (unpaired) electrons. The maximum absolute atomic E-state index is 10.7. The van der Waals surface area contributed by atoms with Gasteiger partial charge in [0.1, 0.15) is 11.9 Å². The molecular formula is C13H19N5O2. The first-order chi connectivity index (χ1) is 9.25. The molecule has 0 aliphatic heterocycles. The Hall–Kier alpha value is -2.20. The van der Waals surface area contributed by atoms with E-state index in [2.05, 4.69) is 29.0 Å². The Bertz CT molecular complexity index is 534. The van der Waals surface area contributed by atoms with Gasteiger partial charge < -0.3 is 10.2 Å². The van der Waals surface area contributed by atoms with Crippen molar-refractivity contribution in [2.45, 2.75) is 13.8 Å². The molecule has 0 bridgehead atoms. The summed E-state index contributed by atoms with van der Waals surface area (Å²) in [6.07, 6.45) is 0. The first-order valence-electron chi connectivity index (χ1n) is 6.19. The van der Waals surface area contributed by atoms with Gasteiger partial charge in [0.05, 0.1) is 4.92 Å². The van der Waals surface area contributed by atoms with Crippen molar-refractivity contribution in [1.82, 2.24) is 9.88 Å². The Labute approximate surface area is 118 Å². The third-order valence-electron chi connectivity index (χ3n) is 2.67. The Morgan fingerprint density at radius 1 is 1.50 bits per heavy atom. The van der Waals surface area contributed by atoms with Crippen LogP contribution in [0.2, 0.25) is 0 Å². The average Bonchev–Trinajstić information content (AvgIpc) is 2.34. The molecule has 1 aromatic rings. The number of nitro groups is 1. The van der Waals surface area contributed by atoms with Crippen molar-refractivity contribution in [3.63, 3.8) is 0 Å². The standard InChI is InChI=1S/C13H19N5O2/c1-13(2,9-17(3)4)8-15-12-6-5-11(18(19)20)10(7-14)16-12/h5-6H,8-9H2,1-4H3,(H,15,16). The smallest absolute Gasteiger partial charge is 0.305 e. The van der Waals surface area contributed by atoms with E-state index >= 15 is 0 Å². The highest BCUT2D eigenvalue weighted by Gasteiger charge is 2.20. The van der Waals surface area contributed by atoms with E-state index < -0.39 is 4.92 Å². The monoisotopic (exact) mass is 277 g/mol. The van der Waals surface area contributed by atoms with Gasteiger partial charge >= 0.3 is 5.69 Å². The molecule has 0 spiro atoms. The van der Waals surface area contributed by atoms with Gasteiger partial charge in [-0.25, -0.2) is 4.98 Å². The van der Waals surface area contributed by atoms with Crippen LogP contribution in [-0.4, -0.2) is 42.0 Å². The first kappa shape index (κ1) is 15.9. The van der Waals surface area contributed by atoms with Crippen LogP contribution in [0.4, 0.5) is 11.5 Å². The highest BCUT2D eigenvalue weighted by Crippen LogP contribution is 2.20. The quantitative estimate of drug-likeness (QED) is 0.630. The maximum atomic E-state index is 10.7. The van der Waals surface area contributed by atoms with Crippen molar-refractivity contribution in [3.05, 3.63) is 27.9 Å². The third-order valence-corrected chi connectivity index (χ3v) is 2.67. The lowest BCUT2D eigenvalue weighted by molar-refractivity contribution is -0.385. The van der Waals surface area contributed by atoms with E-state index in [1.807, 2.05) is 14.1 Å². The van der Waals surface area contributed by atoms with Gasteiger partial charge in [-0.3, -0.25) is 10.1 Å². The molecule has 0 atom stereocenters. The Balaban J connectivity index is 2.80. The summed E-state index contributed by atoms with van der Waals surface area (Å²) < 4.78 is 0. The summed E-state index contributed by atoms with van der Waals surface area (Å²) in [7, 11) is 4.00. The van der Waals surface area contributed by atoms with E-state index in [4.69, 9.17) is 5.26 Å². The molecule has 108 valence electrons. The van der Waals surface area contributed by atoms with Gasteiger partial charge in [0.25, 0.3) is 0 Å². The van der Waals surface area contributed by atoms with E-state index in [1.165, 1.54) is 12.1 Å². The van der Waals surface area contributed by atoms with Gasteiger partial charge in [0.2, 0.25) is 5.69 Å². The third kappa shape index (κ3) is 4.48. The SMILES string of the molecule is CN(C)CC(C)(C)CNc1ccc([N+](=O)[O-])c(C#N)n1. The van der Waals surface area contributed by atoms with Crippen LogP contribution in [0.25, 0.3) is 0 Å². The van der Waals surface area contributed by atoms with Crippen molar-refractivity contribution in [2.75, 3.05) is 32.5 Å². The second-order valence-electron chi connectivity index (χ2n) is 5.69. The fourth-order valence-corrected chi connectivity index (χ4v) is 2.02. The largest absolute Gasteiger partial charge is 0.369 e. The van der Waals surface area contributed by atoms with Crippen molar-refractivity contribution in [3.8, 4) is 6.07 Å². The fraction of sp³-hybridized carbons (Fsp3) is 0.538. The van der Waals surface area contributed by atoms with Crippen LogP contribution in [0.3, 0.4) is 0 Å². The van der Waals surface area contributed by atoms with E-state index in [0.717, 1.165) is 6.54 Å². The highest BCUT2D eigenvalue weighted by atomic mass is 16.6. The topological polar surface area (TPSA) is 95.1 Å². The van der Waals surface area contributed by atoms with Gasteiger partial charge in [-0.15, -0.1) is 0 Å². The number of pyridine rings is 1. The van der Waals surface area contributed by atoms with Crippen LogP contribution in [0.15, 0.2) is 12.1 Å². The summed E-state index contributed by atoms with van der Waals surface area (Å²) in [4.78, 5) is 16.2. The van der Waals surface area contributed by atoms with Crippen LogP contribution >= 0.6 is 0 Å². The fourth-order valence-electron chi connectivity index (χ4n) is 2.02. The molecule has 0 unspecified atom stereocenters. The summed E-state index contributed by atoms with van der Waals surface area (Å²) >= 11 is 0. The van der Waals surface area contributed by atoms with Crippen molar-refractivity contribution >= 4 is 11.5 Å². The molecule has 1 aromatic heterocycles. The van der Waals surface area contributed by atoms with Crippen molar-refractivity contribution < 1.29 is 4.92 Å².